The van der Waals surface area contributed by atoms with Crippen LogP contribution >= 0.6 is 23.1 Å². The van der Waals surface area contributed by atoms with Crippen molar-refractivity contribution in [3.8, 4) is 12.1 Å². The van der Waals surface area contributed by atoms with Crippen molar-refractivity contribution in [2.75, 3.05) is 18.1 Å². The molecule has 4 rings (SSSR count). The van der Waals surface area contributed by atoms with E-state index in [9.17, 15) is 20.1 Å². The summed E-state index contributed by atoms with van der Waals surface area (Å²) in [4.78, 5) is 29.2. The van der Waals surface area contributed by atoms with Gasteiger partial charge in [0.15, 0.2) is 5.17 Å². The topological polar surface area (TPSA) is 144 Å². The number of rotatable bonds is 8. The van der Waals surface area contributed by atoms with Crippen molar-refractivity contribution in [2.45, 2.75) is 38.0 Å². The number of nitriles is 2. The molecule has 2 aromatic carbocycles. The van der Waals surface area contributed by atoms with Crippen molar-refractivity contribution in [3.05, 3.63) is 75.8 Å². The first-order valence-electron chi connectivity index (χ1n) is 12.5. The minimum Gasteiger partial charge on any atom is -0.305 e. The molecular formula is C28H27N7O2S2. The molecule has 198 valence electrons. The Morgan fingerprint density at radius 1 is 1.00 bits per heavy atom. The molecule has 2 N–H and O–H groups in total. The van der Waals surface area contributed by atoms with Crippen LogP contribution in [-0.4, -0.2) is 40.0 Å². The second-order valence-corrected chi connectivity index (χ2v) is 11.2. The van der Waals surface area contributed by atoms with Gasteiger partial charge in [0.25, 0.3) is 0 Å². The Labute approximate surface area is 235 Å². The maximum absolute atomic E-state index is 12.5. The third-order valence-corrected chi connectivity index (χ3v) is 8.66. The summed E-state index contributed by atoms with van der Waals surface area (Å²) in [7, 11) is 1.65. The highest BCUT2D eigenvalue weighted by atomic mass is 32.2. The lowest BCUT2D eigenvalue weighted by atomic mass is 10.1. The third-order valence-electron chi connectivity index (χ3n) is 6.46. The first-order chi connectivity index (χ1) is 19.0. The van der Waals surface area contributed by atoms with E-state index in [-0.39, 0.29) is 30.6 Å². The molecule has 3 aromatic rings. The summed E-state index contributed by atoms with van der Waals surface area (Å²) in [5.74, 6) is 1.11. The van der Waals surface area contributed by atoms with Gasteiger partial charge in [-0.3, -0.25) is 14.6 Å². The Balaban J connectivity index is 1.23. The summed E-state index contributed by atoms with van der Waals surface area (Å²) in [5.41, 5.74) is 2.35. The zero-order valence-electron chi connectivity index (χ0n) is 21.4. The average Bonchev–Trinajstić information content (AvgIpc) is 3.61. The number of nitrogens with one attached hydrogen (secondary N) is 2. The van der Waals surface area contributed by atoms with E-state index in [0.29, 0.717) is 38.5 Å². The maximum atomic E-state index is 12.5. The first-order valence-corrected chi connectivity index (χ1v) is 14.3. The summed E-state index contributed by atoms with van der Waals surface area (Å²) in [6.45, 7) is 0. The van der Waals surface area contributed by atoms with Crippen LogP contribution in [0.15, 0.2) is 53.5 Å². The van der Waals surface area contributed by atoms with E-state index in [0.717, 1.165) is 30.0 Å². The number of thioether (sulfide) groups is 1. The molecule has 1 aromatic heterocycles. The number of anilines is 1. The van der Waals surface area contributed by atoms with Crippen LogP contribution < -0.4 is 10.6 Å². The quantitative estimate of drug-likeness (QED) is 0.308. The molecular weight excluding hydrogens is 530 g/mol. The predicted molar refractivity (Wildman–Crippen MR) is 152 cm³/mol. The Morgan fingerprint density at radius 2 is 1.64 bits per heavy atom. The van der Waals surface area contributed by atoms with Gasteiger partial charge in [-0.25, -0.2) is 0 Å². The number of hydrogen-bond acceptors (Lipinski definition) is 9. The fourth-order valence-electron chi connectivity index (χ4n) is 4.49. The van der Waals surface area contributed by atoms with E-state index in [1.165, 1.54) is 23.1 Å². The molecule has 0 bridgehead atoms. The highest BCUT2D eigenvalue weighted by Crippen LogP contribution is 2.41. The number of nitrogens with zero attached hydrogens (tertiary/aromatic N) is 5. The number of aliphatic imine (C=N–C) groups is 1. The fraction of sp³-hybridized carbons (Fsp3) is 0.321. The molecule has 2 atom stereocenters. The summed E-state index contributed by atoms with van der Waals surface area (Å²) >= 11 is 2.92. The average molecular weight is 558 g/mol. The molecule has 9 nitrogen and oxygen atoms in total. The molecule has 1 fully saturated rings. The van der Waals surface area contributed by atoms with Crippen LogP contribution in [0, 0.1) is 28.6 Å². The smallest absolute Gasteiger partial charge is 0.230 e. The van der Waals surface area contributed by atoms with Gasteiger partial charge in [0, 0.05) is 18.7 Å². The van der Waals surface area contributed by atoms with Crippen molar-refractivity contribution >= 4 is 45.2 Å². The van der Waals surface area contributed by atoms with Gasteiger partial charge in [-0.1, -0.05) is 59.5 Å². The Kier molecular flexibility index (Phi) is 9.79. The third kappa shape index (κ3) is 7.73. The normalized spacial score (nSPS) is 16.7. The van der Waals surface area contributed by atoms with E-state index in [1.54, 1.807) is 49.5 Å². The number of benzene rings is 2. The Bertz CT molecular complexity index is 1450. The molecule has 0 saturated heterocycles. The number of amides is 2. The van der Waals surface area contributed by atoms with Crippen LogP contribution in [0.2, 0.25) is 0 Å². The van der Waals surface area contributed by atoms with Crippen molar-refractivity contribution in [3.63, 3.8) is 0 Å². The standard InChI is InChI=1S/C28H27N7O2S2/c1-31-27(32-24(36)13-19-6-2-4-8-22(19)15-29)38-17-18-10-11-21(12-18)26-34-35-28(39-26)33-25(37)14-20-7-3-5-9-23(20)16-30/h2-9,18,21H,10-14,17H2,1H3,(H,31,32,36)(H,33,35,37). The highest BCUT2D eigenvalue weighted by Gasteiger charge is 2.29. The van der Waals surface area contributed by atoms with Gasteiger partial charge >= 0.3 is 0 Å². The Morgan fingerprint density at radius 3 is 2.28 bits per heavy atom. The van der Waals surface area contributed by atoms with Gasteiger partial charge in [0.2, 0.25) is 16.9 Å². The minimum atomic E-state index is -0.231. The van der Waals surface area contributed by atoms with Crippen molar-refractivity contribution < 1.29 is 9.59 Å². The summed E-state index contributed by atoms with van der Waals surface area (Å²) in [6, 6.07) is 18.3. The zero-order chi connectivity index (χ0) is 27.6. The lowest BCUT2D eigenvalue weighted by Crippen LogP contribution is -2.30. The largest absolute Gasteiger partial charge is 0.305 e. The van der Waals surface area contributed by atoms with E-state index in [4.69, 9.17) is 0 Å². The van der Waals surface area contributed by atoms with E-state index in [2.05, 4.69) is 38.0 Å². The van der Waals surface area contributed by atoms with E-state index >= 15 is 0 Å². The van der Waals surface area contributed by atoms with Gasteiger partial charge in [0.05, 0.1) is 36.1 Å². The van der Waals surface area contributed by atoms with Crippen LogP contribution in [0.3, 0.4) is 0 Å². The lowest BCUT2D eigenvalue weighted by Gasteiger charge is -2.12. The number of hydrogen-bond donors (Lipinski definition) is 2. The lowest BCUT2D eigenvalue weighted by molar-refractivity contribution is -0.119. The van der Waals surface area contributed by atoms with E-state index < -0.39 is 0 Å². The monoisotopic (exact) mass is 557 g/mol. The van der Waals surface area contributed by atoms with Gasteiger partial charge in [-0.2, -0.15) is 10.5 Å². The van der Waals surface area contributed by atoms with Gasteiger partial charge in [-0.15, -0.1) is 10.2 Å². The molecule has 1 saturated carbocycles. The van der Waals surface area contributed by atoms with Crippen LogP contribution in [0.4, 0.5) is 5.13 Å². The molecule has 11 heteroatoms. The van der Waals surface area contributed by atoms with E-state index in [1.807, 2.05) is 6.07 Å². The highest BCUT2D eigenvalue weighted by molar-refractivity contribution is 8.13. The molecule has 0 radical (unpaired) electrons. The van der Waals surface area contributed by atoms with Crippen LogP contribution in [0.5, 0.6) is 0 Å². The second-order valence-electron chi connectivity index (χ2n) is 9.15. The summed E-state index contributed by atoms with van der Waals surface area (Å²) < 4.78 is 0. The van der Waals surface area contributed by atoms with Gasteiger partial charge in [0.1, 0.15) is 5.01 Å². The molecule has 1 aliphatic rings. The minimum absolute atomic E-state index is 0.101. The Hall–Kier alpha value is -4.06. The molecule has 39 heavy (non-hydrogen) atoms. The molecule has 1 heterocycles. The summed E-state index contributed by atoms with van der Waals surface area (Å²) in [5, 5.41) is 34.5. The number of amidine groups is 1. The molecule has 2 unspecified atom stereocenters. The molecule has 1 aliphatic carbocycles. The molecule has 0 aliphatic heterocycles. The fourth-order valence-corrected chi connectivity index (χ4v) is 6.41. The summed E-state index contributed by atoms with van der Waals surface area (Å²) in [6.07, 6.45) is 3.19. The van der Waals surface area contributed by atoms with Crippen molar-refractivity contribution in [1.82, 2.24) is 15.5 Å². The first kappa shape index (κ1) is 28.0. The maximum Gasteiger partial charge on any atom is 0.230 e. The van der Waals surface area contributed by atoms with Crippen LogP contribution in [0.1, 0.15) is 52.4 Å². The predicted octanol–water partition coefficient (Wildman–Crippen LogP) is 4.42. The number of carbonyl (C=O) groups is 2. The molecule has 0 spiro atoms. The number of carbonyl (C=O) groups excluding carboxylic acids is 2. The van der Waals surface area contributed by atoms with Crippen LogP contribution in [-0.2, 0) is 22.4 Å². The number of aromatic nitrogens is 2. The van der Waals surface area contributed by atoms with Crippen LogP contribution in [0.25, 0.3) is 0 Å². The zero-order valence-corrected chi connectivity index (χ0v) is 23.0. The second kappa shape index (κ2) is 13.7. The molecule has 2 amide bonds. The van der Waals surface area contributed by atoms with Crippen molar-refractivity contribution in [2.24, 2.45) is 10.9 Å². The van der Waals surface area contributed by atoms with Gasteiger partial charge in [-0.05, 0) is 48.4 Å². The SMILES string of the molecule is CN=C(NC(=O)Cc1ccccc1C#N)SCC1CCC(c2nnc(NC(=O)Cc3ccccc3C#N)s2)C1. The van der Waals surface area contributed by atoms with Crippen molar-refractivity contribution in [1.29, 1.82) is 10.5 Å². The van der Waals surface area contributed by atoms with Gasteiger partial charge < -0.3 is 10.6 Å².